The van der Waals surface area contributed by atoms with E-state index in [0.29, 0.717) is 11.3 Å². The molecule has 0 spiro atoms. The Hall–Kier alpha value is -2.89. The van der Waals surface area contributed by atoms with Crippen molar-refractivity contribution in [2.75, 3.05) is 5.32 Å². The molecule has 0 fully saturated rings. The number of hydrogen-bond acceptors (Lipinski definition) is 4. The Morgan fingerprint density at radius 1 is 1.04 bits per heavy atom. The molecule has 3 aromatic rings. The maximum atomic E-state index is 12.8. The molecule has 0 saturated heterocycles. The van der Waals surface area contributed by atoms with Crippen LogP contribution in [0, 0.1) is 6.92 Å². The van der Waals surface area contributed by atoms with E-state index in [4.69, 9.17) is 27.9 Å². The largest absolute Gasteiger partial charge is 0.444 e. The molecule has 2 aromatic carbocycles. The van der Waals surface area contributed by atoms with Crippen LogP contribution in [-0.2, 0) is 9.53 Å². The number of ether oxygens (including phenoxy) is 1. The van der Waals surface area contributed by atoms with Gasteiger partial charge in [0.2, 0.25) is 6.10 Å². The van der Waals surface area contributed by atoms with E-state index >= 15 is 0 Å². The van der Waals surface area contributed by atoms with E-state index in [1.165, 1.54) is 12.3 Å². The number of benzene rings is 2. The van der Waals surface area contributed by atoms with Crippen molar-refractivity contribution in [1.82, 2.24) is 4.98 Å². The average Bonchev–Trinajstić information content (AvgIpc) is 2.70. The van der Waals surface area contributed by atoms with Crippen molar-refractivity contribution in [3.05, 3.63) is 93.7 Å². The third kappa shape index (κ3) is 4.88. The van der Waals surface area contributed by atoms with Crippen molar-refractivity contribution >= 4 is 40.8 Å². The number of anilines is 1. The minimum absolute atomic E-state index is 0.0786. The van der Waals surface area contributed by atoms with Crippen molar-refractivity contribution < 1.29 is 14.3 Å². The van der Waals surface area contributed by atoms with Crippen LogP contribution in [0.25, 0.3) is 0 Å². The van der Waals surface area contributed by atoms with Gasteiger partial charge in [-0.2, -0.15) is 0 Å². The third-order valence-corrected chi connectivity index (χ3v) is 4.60. The highest BCUT2D eigenvalue weighted by molar-refractivity contribution is 6.41. The van der Waals surface area contributed by atoms with Gasteiger partial charge < -0.3 is 10.1 Å². The van der Waals surface area contributed by atoms with Crippen molar-refractivity contribution in [3.63, 3.8) is 0 Å². The predicted octanol–water partition coefficient (Wildman–Crippen LogP) is 5.23. The number of esters is 1. The Morgan fingerprint density at radius 2 is 1.71 bits per heavy atom. The Morgan fingerprint density at radius 3 is 2.36 bits per heavy atom. The normalized spacial score (nSPS) is 11.5. The highest BCUT2D eigenvalue weighted by Crippen LogP contribution is 2.24. The number of nitrogens with one attached hydrogen (secondary N) is 1. The van der Waals surface area contributed by atoms with Gasteiger partial charge >= 0.3 is 5.97 Å². The molecule has 28 heavy (non-hydrogen) atoms. The summed E-state index contributed by atoms with van der Waals surface area (Å²) in [6.07, 6.45) is 0.0979. The number of halogens is 2. The molecule has 5 nitrogen and oxygen atoms in total. The molecule has 3 rings (SSSR count). The van der Waals surface area contributed by atoms with Crippen molar-refractivity contribution in [1.29, 1.82) is 0 Å². The minimum Gasteiger partial charge on any atom is -0.444 e. The van der Waals surface area contributed by atoms with Crippen LogP contribution in [0.5, 0.6) is 0 Å². The van der Waals surface area contributed by atoms with Crippen molar-refractivity contribution in [3.8, 4) is 0 Å². The van der Waals surface area contributed by atoms with Crippen LogP contribution < -0.4 is 5.32 Å². The smallest absolute Gasteiger partial charge is 0.340 e. The lowest BCUT2D eigenvalue weighted by Crippen LogP contribution is -2.26. The molecular weight excluding hydrogens is 399 g/mol. The van der Waals surface area contributed by atoms with Crippen molar-refractivity contribution in [2.24, 2.45) is 0 Å². The van der Waals surface area contributed by atoms with Crippen LogP contribution in [0.4, 0.5) is 5.69 Å². The van der Waals surface area contributed by atoms with Gasteiger partial charge in [-0.05, 0) is 25.1 Å². The van der Waals surface area contributed by atoms with Crippen LogP contribution >= 0.6 is 23.2 Å². The van der Waals surface area contributed by atoms with Crippen LogP contribution in [0.1, 0.15) is 27.6 Å². The van der Waals surface area contributed by atoms with E-state index < -0.39 is 18.0 Å². The minimum atomic E-state index is -1.15. The summed E-state index contributed by atoms with van der Waals surface area (Å²) < 4.78 is 5.48. The second-order valence-electron chi connectivity index (χ2n) is 6.05. The summed E-state index contributed by atoms with van der Waals surface area (Å²) in [4.78, 5) is 29.2. The van der Waals surface area contributed by atoms with Crippen LogP contribution in [0.2, 0.25) is 10.2 Å². The van der Waals surface area contributed by atoms with Crippen LogP contribution in [0.3, 0.4) is 0 Å². The molecule has 0 saturated carbocycles. The van der Waals surface area contributed by atoms with Gasteiger partial charge in [0.05, 0.1) is 10.6 Å². The number of pyridine rings is 1. The zero-order valence-corrected chi connectivity index (χ0v) is 16.4. The molecule has 0 aliphatic rings. The average molecular weight is 415 g/mol. The number of aromatic nitrogens is 1. The fraction of sp³-hybridized carbons (Fsp3) is 0.0952. The first-order valence-electron chi connectivity index (χ1n) is 8.38. The van der Waals surface area contributed by atoms with Crippen molar-refractivity contribution in [2.45, 2.75) is 13.0 Å². The Kier molecular flexibility index (Phi) is 6.29. The maximum Gasteiger partial charge on any atom is 0.340 e. The van der Waals surface area contributed by atoms with Gasteiger partial charge in [-0.3, -0.25) is 4.79 Å². The summed E-state index contributed by atoms with van der Waals surface area (Å²) in [5, 5.41) is 2.97. The molecule has 1 N–H and O–H groups in total. The lowest BCUT2D eigenvalue weighted by molar-refractivity contribution is -0.125. The number of carbonyl (C=O) groups is 2. The first-order valence-corrected chi connectivity index (χ1v) is 9.14. The Balaban J connectivity index is 1.84. The number of carbonyl (C=O) groups excluding carboxylic acids is 2. The summed E-state index contributed by atoms with van der Waals surface area (Å²) in [6.45, 7) is 1.95. The molecule has 142 valence electrons. The number of amides is 1. The van der Waals surface area contributed by atoms with Gasteiger partial charge in [-0.1, -0.05) is 71.2 Å². The molecule has 1 atom stereocenters. The van der Waals surface area contributed by atoms with Gasteiger partial charge in [-0.25, -0.2) is 9.78 Å². The van der Waals surface area contributed by atoms with E-state index in [-0.39, 0.29) is 15.7 Å². The summed E-state index contributed by atoms with van der Waals surface area (Å²) in [5.41, 5.74) is 2.30. The molecule has 0 aliphatic carbocycles. The molecule has 1 aromatic heterocycles. The molecule has 1 unspecified atom stereocenters. The second kappa shape index (κ2) is 8.87. The highest BCUT2D eigenvalue weighted by atomic mass is 35.5. The Labute approximate surface area is 172 Å². The van der Waals surface area contributed by atoms with Gasteiger partial charge in [0.15, 0.2) is 0 Å². The summed E-state index contributed by atoms with van der Waals surface area (Å²) >= 11 is 11.7. The fourth-order valence-corrected chi connectivity index (χ4v) is 2.72. The summed E-state index contributed by atoms with van der Waals surface area (Å²) in [7, 11) is 0. The molecule has 1 heterocycles. The molecule has 0 aliphatic heterocycles. The number of hydrogen-bond donors (Lipinski definition) is 1. The predicted molar refractivity (Wildman–Crippen MR) is 109 cm³/mol. The van der Waals surface area contributed by atoms with E-state index in [9.17, 15) is 9.59 Å². The fourth-order valence-electron chi connectivity index (χ4n) is 2.45. The topological polar surface area (TPSA) is 68.3 Å². The second-order valence-corrected chi connectivity index (χ2v) is 6.81. The van der Waals surface area contributed by atoms with E-state index in [2.05, 4.69) is 10.3 Å². The van der Waals surface area contributed by atoms with Crippen LogP contribution in [-0.4, -0.2) is 16.9 Å². The zero-order valence-electron chi connectivity index (χ0n) is 14.9. The molecule has 0 radical (unpaired) electrons. The third-order valence-electron chi connectivity index (χ3n) is 3.92. The molecular formula is C21H16Cl2N2O3. The highest BCUT2D eigenvalue weighted by Gasteiger charge is 2.26. The van der Waals surface area contributed by atoms with Gasteiger partial charge in [0, 0.05) is 17.4 Å². The monoisotopic (exact) mass is 414 g/mol. The lowest BCUT2D eigenvalue weighted by atomic mass is 10.1. The standard InChI is InChI=1S/C21H16Cl2N2O3/c1-13-7-9-16(10-8-13)25-20(26)18(14-5-3-2-4-6-14)28-21(27)15-11-17(22)19(23)24-12-15/h2-12,18H,1H3,(H,25,26). The van der Waals surface area contributed by atoms with E-state index in [1.807, 2.05) is 25.1 Å². The zero-order chi connectivity index (χ0) is 20.1. The summed E-state index contributed by atoms with van der Waals surface area (Å²) in [6, 6.07) is 17.4. The molecule has 0 bridgehead atoms. The number of nitrogens with zero attached hydrogens (tertiary/aromatic N) is 1. The van der Waals surface area contributed by atoms with Gasteiger partial charge in [0.25, 0.3) is 5.91 Å². The maximum absolute atomic E-state index is 12.8. The number of aryl methyl sites for hydroxylation is 1. The van der Waals surface area contributed by atoms with Gasteiger partial charge in [0.1, 0.15) is 5.15 Å². The van der Waals surface area contributed by atoms with E-state index in [1.54, 1.807) is 36.4 Å². The molecule has 1 amide bonds. The molecule has 7 heteroatoms. The first-order chi connectivity index (χ1) is 13.4. The van der Waals surface area contributed by atoms with Crippen LogP contribution in [0.15, 0.2) is 66.9 Å². The first kappa shape index (κ1) is 19.9. The quantitative estimate of drug-likeness (QED) is 0.458. The lowest BCUT2D eigenvalue weighted by Gasteiger charge is -2.18. The van der Waals surface area contributed by atoms with E-state index in [0.717, 1.165) is 5.56 Å². The Bertz CT molecular complexity index is 992. The van der Waals surface area contributed by atoms with Gasteiger partial charge in [-0.15, -0.1) is 0 Å². The summed E-state index contributed by atoms with van der Waals surface area (Å²) in [5.74, 6) is -1.21. The SMILES string of the molecule is Cc1ccc(NC(=O)C(OC(=O)c2cnc(Cl)c(Cl)c2)c2ccccc2)cc1. The number of rotatable bonds is 5.